The minimum Gasteiger partial charge on any atom is -0.465 e. The number of carbonyl (C=O) groups is 2. The Hall–Kier alpha value is -2.33. The Morgan fingerprint density at radius 2 is 1.70 bits per heavy atom. The van der Waals surface area contributed by atoms with E-state index in [-0.39, 0.29) is 18.3 Å². The van der Waals surface area contributed by atoms with Crippen LogP contribution in [0.2, 0.25) is 5.02 Å². The fraction of sp³-hybridized carbons (Fsp3) is 0.364. The maximum atomic E-state index is 12.7. The lowest BCUT2D eigenvalue weighted by Gasteiger charge is -2.25. The van der Waals surface area contributed by atoms with Crippen LogP contribution in [0.5, 0.6) is 11.5 Å². The summed E-state index contributed by atoms with van der Waals surface area (Å²) in [5.74, 6) is 0.845. The van der Waals surface area contributed by atoms with E-state index in [1.165, 1.54) is 0 Å². The molecule has 142 valence electrons. The quantitative estimate of drug-likeness (QED) is 0.504. The van der Waals surface area contributed by atoms with Crippen molar-refractivity contribution in [1.29, 1.82) is 0 Å². The number of hydrogen-bond acceptors (Lipinski definition) is 4. The van der Waals surface area contributed by atoms with Gasteiger partial charge in [-0.2, -0.15) is 0 Å². The average Bonchev–Trinajstić information content (AvgIpc) is 2.95. The summed E-state index contributed by atoms with van der Waals surface area (Å²) in [6.45, 7) is 3.92. The summed E-state index contributed by atoms with van der Waals surface area (Å²) in [6.07, 6.45) is 1.61. The summed E-state index contributed by atoms with van der Waals surface area (Å²) >= 11 is 5.88. The van der Waals surface area contributed by atoms with Gasteiger partial charge in [0.05, 0.1) is 6.61 Å². The third-order valence-electron chi connectivity index (χ3n) is 5.07. The number of benzene rings is 2. The topological polar surface area (TPSA) is 52.6 Å². The number of hydrogen-bond donors (Lipinski definition) is 0. The SMILES string of the molecule is CCOC(=O)C1(Cc2ccc(Oc3ccc(Cl)cc3)cc2)CCC(C)C1=O. The molecule has 0 N–H and O–H groups in total. The molecule has 3 rings (SSSR count). The molecule has 2 aromatic carbocycles. The molecule has 1 saturated carbocycles. The monoisotopic (exact) mass is 386 g/mol. The standard InChI is InChI=1S/C22H23ClO4/c1-3-26-21(25)22(13-12-15(2)20(22)24)14-16-4-8-18(9-5-16)27-19-10-6-17(23)7-11-19/h4-11,15H,3,12-14H2,1-2H3. The Labute approximate surface area is 164 Å². The minimum atomic E-state index is -1.06. The van der Waals surface area contributed by atoms with Crippen LogP contribution in [0, 0.1) is 11.3 Å². The Balaban J connectivity index is 1.76. The van der Waals surface area contributed by atoms with Crippen LogP contribution in [0.15, 0.2) is 48.5 Å². The zero-order chi connectivity index (χ0) is 19.4. The van der Waals surface area contributed by atoms with Gasteiger partial charge in [0.25, 0.3) is 0 Å². The lowest BCUT2D eigenvalue weighted by atomic mass is 9.78. The molecule has 27 heavy (non-hydrogen) atoms. The van der Waals surface area contributed by atoms with Crippen LogP contribution in [0.1, 0.15) is 32.3 Å². The van der Waals surface area contributed by atoms with Crippen LogP contribution in [-0.4, -0.2) is 18.4 Å². The predicted octanol–water partition coefficient (Wildman–Crippen LogP) is 5.22. The maximum Gasteiger partial charge on any atom is 0.319 e. The van der Waals surface area contributed by atoms with E-state index in [2.05, 4.69) is 0 Å². The Kier molecular flexibility index (Phi) is 5.85. The van der Waals surface area contributed by atoms with Gasteiger partial charge in [-0.3, -0.25) is 9.59 Å². The zero-order valence-corrected chi connectivity index (χ0v) is 16.3. The first kappa shape index (κ1) is 19.4. The van der Waals surface area contributed by atoms with Gasteiger partial charge in [0.1, 0.15) is 16.9 Å². The van der Waals surface area contributed by atoms with Crippen LogP contribution in [-0.2, 0) is 20.7 Å². The predicted molar refractivity (Wildman–Crippen MR) is 104 cm³/mol. The van der Waals surface area contributed by atoms with E-state index in [1.54, 1.807) is 31.2 Å². The first-order valence-electron chi connectivity index (χ1n) is 9.18. The van der Waals surface area contributed by atoms with Gasteiger partial charge >= 0.3 is 5.97 Å². The number of ketones is 1. The average molecular weight is 387 g/mol. The van der Waals surface area contributed by atoms with Gasteiger partial charge in [-0.05, 0) is 68.1 Å². The van der Waals surface area contributed by atoms with Crippen LogP contribution in [0.4, 0.5) is 0 Å². The van der Waals surface area contributed by atoms with Crippen molar-refractivity contribution < 1.29 is 19.1 Å². The summed E-state index contributed by atoms with van der Waals surface area (Å²) in [5.41, 5.74) is -0.150. The van der Waals surface area contributed by atoms with Crippen molar-refractivity contribution in [3.05, 3.63) is 59.1 Å². The first-order valence-corrected chi connectivity index (χ1v) is 9.56. The Morgan fingerprint density at radius 3 is 2.22 bits per heavy atom. The second-order valence-corrected chi connectivity index (χ2v) is 7.42. The molecule has 5 heteroatoms. The molecule has 2 unspecified atom stereocenters. The summed E-state index contributed by atoms with van der Waals surface area (Å²) in [7, 11) is 0. The number of rotatable bonds is 6. The fourth-order valence-corrected chi connectivity index (χ4v) is 3.70. The van der Waals surface area contributed by atoms with E-state index in [9.17, 15) is 9.59 Å². The van der Waals surface area contributed by atoms with E-state index in [1.807, 2.05) is 31.2 Å². The smallest absolute Gasteiger partial charge is 0.319 e. The number of Topliss-reactive ketones (excluding diaryl/α,β-unsaturated/α-hetero) is 1. The molecule has 0 heterocycles. The van der Waals surface area contributed by atoms with Crippen molar-refractivity contribution in [1.82, 2.24) is 0 Å². The van der Waals surface area contributed by atoms with E-state index >= 15 is 0 Å². The maximum absolute atomic E-state index is 12.7. The molecule has 0 spiro atoms. The van der Waals surface area contributed by atoms with Crippen molar-refractivity contribution in [2.24, 2.45) is 11.3 Å². The summed E-state index contributed by atoms with van der Waals surface area (Å²) in [5, 5.41) is 0.650. The number of halogens is 1. The third kappa shape index (κ3) is 4.16. The van der Waals surface area contributed by atoms with Gasteiger partial charge in [-0.15, -0.1) is 0 Å². The van der Waals surface area contributed by atoms with Crippen LogP contribution < -0.4 is 4.74 Å². The van der Waals surface area contributed by atoms with Gasteiger partial charge in [0.15, 0.2) is 5.78 Å². The van der Waals surface area contributed by atoms with Crippen LogP contribution in [0.25, 0.3) is 0 Å². The van der Waals surface area contributed by atoms with Gasteiger partial charge in [-0.1, -0.05) is 30.7 Å². The van der Waals surface area contributed by atoms with Gasteiger partial charge in [-0.25, -0.2) is 0 Å². The molecule has 2 atom stereocenters. The lowest BCUT2D eigenvalue weighted by molar-refractivity contribution is -0.159. The van der Waals surface area contributed by atoms with Crippen LogP contribution in [0.3, 0.4) is 0 Å². The molecule has 0 amide bonds. The highest BCUT2D eigenvalue weighted by atomic mass is 35.5. The second-order valence-electron chi connectivity index (χ2n) is 6.98. The zero-order valence-electron chi connectivity index (χ0n) is 15.5. The highest BCUT2D eigenvalue weighted by molar-refractivity contribution is 6.30. The Morgan fingerprint density at radius 1 is 1.11 bits per heavy atom. The molecule has 0 radical (unpaired) electrons. The van der Waals surface area contributed by atoms with Gasteiger partial charge < -0.3 is 9.47 Å². The molecule has 0 aromatic heterocycles. The molecular weight excluding hydrogens is 364 g/mol. The molecular formula is C22H23ClO4. The fourth-order valence-electron chi connectivity index (χ4n) is 3.57. The van der Waals surface area contributed by atoms with Crippen LogP contribution >= 0.6 is 11.6 Å². The van der Waals surface area contributed by atoms with E-state index in [4.69, 9.17) is 21.1 Å². The molecule has 0 aliphatic heterocycles. The third-order valence-corrected chi connectivity index (χ3v) is 5.32. The minimum absolute atomic E-state index is 0.0116. The molecule has 4 nitrogen and oxygen atoms in total. The second kappa shape index (κ2) is 8.13. The molecule has 1 fully saturated rings. The largest absolute Gasteiger partial charge is 0.465 e. The Bertz CT molecular complexity index is 813. The van der Waals surface area contributed by atoms with Crippen molar-refractivity contribution in [2.75, 3.05) is 6.61 Å². The van der Waals surface area contributed by atoms with Crippen molar-refractivity contribution >= 4 is 23.4 Å². The number of esters is 1. The summed E-state index contributed by atoms with van der Waals surface area (Å²) in [4.78, 5) is 25.3. The molecule has 0 bridgehead atoms. The van der Waals surface area contributed by atoms with Crippen molar-refractivity contribution in [3.63, 3.8) is 0 Å². The highest BCUT2D eigenvalue weighted by Gasteiger charge is 2.52. The van der Waals surface area contributed by atoms with Gasteiger partial charge in [0, 0.05) is 10.9 Å². The lowest BCUT2D eigenvalue weighted by Crippen LogP contribution is -2.40. The van der Waals surface area contributed by atoms with E-state index < -0.39 is 11.4 Å². The normalized spacial score (nSPS) is 21.9. The molecule has 0 saturated heterocycles. The molecule has 1 aliphatic rings. The van der Waals surface area contributed by atoms with E-state index in [0.717, 1.165) is 12.0 Å². The highest BCUT2D eigenvalue weighted by Crippen LogP contribution is 2.42. The van der Waals surface area contributed by atoms with E-state index in [0.29, 0.717) is 29.4 Å². The summed E-state index contributed by atoms with van der Waals surface area (Å²) < 4.78 is 11.0. The number of ether oxygens (including phenoxy) is 2. The summed E-state index contributed by atoms with van der Waals surface area (Å²) in [6, 6.07) is 14.6. The first-order chi connectivity index (χ1) is 12.9. The molecule has 1 aliphatic carbocycles. The van der Waals surface area contributed by atoms with Crippen molar-refractivity contribution in [2.45, 2.75) is 33.1 Å². The molecule has 2 aromatic rings. The van der Waals surface area contributed by atoms with Crippen molar-refractivity contribution in [3.8, 4) is 11.5 Å². The van der Waals surface area contributed by atoms with Gasteiger partial charge in [0.2, 0.25) is 0 Å². The number of carbonyl (C=O) groups excluding carboxylic acids is 2.